The largest absolute Gasteiger partial charge is 0.396 e. The van der Waals surface area contributed by atoms with E-state index < -0.39 is 0 Å². The third-order valence-corrected chi connectivity index (χ3v) is 5.52. The molecule has 2 fully saturated rings. The summed E-state index contributed by atoms with van der Waals surface area (Å²) in [6.45, 7) is 8.25. The van der Waals surface area contributed by atoms with Gasteiger partial charge in [-0.2, -0.15) is 0 Å². The molecule has 2 aliphatic rings. The summed E-state index contributed by atoms with van der Waals surface area (Å²) in [6.07, 6.45) is 6.63. The van der Waals surface area contributed by atoms with Gasteiger partial charge in [-0.25, -0.2) is 0 Å². The van der Waals surface area contributed by atoms with E-state index in [9.17, 15) is 9.90 Å². The van der Waals surface area contributed by atoms with Crippen molar-refractivity contribution in [2.24, 2.45) is 5.41 Å². The molecule has 1 N–H and O–H groups in total. The second kappa shape index (κ2) is 6.90. The summed E-state index contributed by atoms with van der Waals surface area (Å²) >= 11 is 0. The van der Waals surface area contributed by atoms with Gasteiger partial charge in [0, 0.05) is 19.7 Å². The zero-order valence-electron chi connectivity index (χ0n) is 13.1. The monoisotopic (exact) mass is 282 g/mol. The molecule has 0 aromatic heterocycles. The van der Waals surface area contributed by atoms with E-state index in [1.165, 1.54) is 6.42 Å². The molecule has 2 rings (SSSR count). The summed E-state index contributed by atoms with van der Waals surface area (Å²) < 4.78 is 0. The van der Waals surface area contributed by atoms with E-state index in [1.807, 2.05) is 4.90 Å². The van der Waals surface area contributed by atoms with E-state index in [4.69, 9.17) is 0 Å². The predicted octanol–water partition coefficient (Wildman–Crippen LogP) is 1.87. The van der Waals surface area contributed by atoms with Crippen molar-refractivity contribution in [3.63, 3.8) is 0 Å². The summed E-state index contributed by atoms with van der Waals surface area (Å²) in [5, 5.41) is 9.59. The van der Waals surface area contributed by atoms with Crippen molar-refractivity contribution in [3.05, 3.63) is 0 Å². The van der Waals surface area contributed by atoms with Gasteiger partial charge < -0.3 is 10.0 Å². The van der Waals surface area contributed by atoms with Gasteiger partial charge in [0.1, 0.15) is 0 Å². The van der Waals surface area contributed by atoms with Gasteiger partial charge in [0.05, 0.1) is 6.04 Å². The van der Waals surface area contributed by atoms with Gasteiger partial charge in [-0.05, 0) is 64.0 Å². The lowest BCUT2D eigenvalue weighted by atomic mass is 9.76. The summed E-state index contributed by atoms with van der Waals surface area (Å²) in [6, 6.07) is 0.00153. The van der Waals surface area contributed by atoms with E-state index in [2.05, 4.69) is 18.7 Å². The Hall–Kier alpha value is -0.610. The first-order valence-electron chi connectivity index (χ1n) is 8.25. The van der Waals surface area contributed by atoms with Crippen LogP contribution in [0.2, 0.25) is 0 Å². The fourth-order valence-electron chi connectivity index (χ4n) is 3.54. The Balaban J connectivity index is 1.87. The van der Waals surface area contributed by atoms with Gasteiger partial charge in [0.25, 0.3) is 0 Å². The van der Waals surface area contributed by atoms with Crippen molar-refractivity contribution in [2.75, 3.05) is 32.8 Å². The van der Waals surface area contributed by atoms with E-state index in [-0.39, 0.29) is 18.1 Å². The Morgan fingerprint density at radius 2 is 1.75 bits per heavy atom. The van der Waals surface area contributed by atoms with Crippen molar-refractivity contribution in [3.8, 4) is 0 Å². The van der Waals surface area contributed by atoms with Gasteiger partial charge in [-0.3, -0.25) is 9.69 Å². The first kappa shape index (κ1) is 15.8. The van der Waals surface area contributed by atoms with Crippen LogP contribution in [-0.2, 0) is 4.79 Å². The van der Waals surface area contributed by atoms with Crippen molar-refractivity contribution < 1.29 is 9.90 Å². The van der Waals surface area contributed by atoms with E-state index in [1.54, 1.807) is 0 Å². The summed E-state index contributed by atoms with van der Waals surface area (Å²) in [5.41, 5.74) is 0.102. The topological polar surface area (TPSA) is 43.8 Å². The molecule has 0 aliphatic carbocycles. The minimum atomic E-state index is 0.00153. The summed E-state index contributed by atoms with van der Waals surface area (Å²) in [4.78, 5) is 16.9. The highest BCUT2D eigenvalue weighted by Gasteiger charge is 2.36. The number of rotatable bonds is 4. The van der Waals surface area contributed by atoms with Crippen LogP contribution in [0.15, 0.2) is 0 Å². The molecule has 0 aromatic carbocycles. The SMILES string of the molecule is CCC1(CO)CCN(C(C)C(=O)N2CCCCC2)CC1. The smallest absolute Gasteiger partial charge is 0.239 e. The Bertz CT molecular complexity index is 312. The molecule has 2 aliphatic heterocycles. The lowest BCUT2D eigenvalue weighted by Gasteiger charge is -2.43. The average molecular weight is 282 g/mol. The van der Waals surface area contributed by atoms with Crippen LogP contribution < -0.4 is 0 Å². The maximum Gasteiger partial charge on any atom is 0.239 e. The first-order chi connectivity index (χ1) is 9.62. The zero-order chi connectivity index (χ0) is 14.6. The third-order valence-electron chi connectivity index (χ3n) is 5.52. The number of piperidine rings is 2. The lowest BCUT2D eigenvalue weighted by Crippen LogP contribution is -2.52. The fourth-order valence-corrected chi connectivity index (χ4v) is 3.54. The molecule has 4 heteroatoms. The molecular formula is C16H30N2O2. The number of aliphatic hydroxyl groups excluding tert-OH is 1. The molecule has 20 heavy (non-hydrogen) atoms. The Morgan fingerprint density at radius 3 is 2.25 bits per heavy atom. The van der Waals surface area contributed by atoms with Crippen molar-refractivity contribution >= 4 is 5.91 Å². The number of amides is 1. The highest BCUT2D eigenvalue weighted by molar-refractivity contribution is 5.81. The normalized spacial score (nSPS) is 25.4. The van der Waals surface area contributed by atoms with Crippen LogP contribution >= 0.6 is 0 Å². The number of nitrogens with zero attached hydrogens (tertiary/aromatic N) is 2. The van der Waals surface area contributed by atoms with Crippen LogP contribution in [-0.4, -0.2) is 59.6 Å². The minimum absolute atomic E-state index is 0.00153. The minimum Gasteiger partial charge on any atom is -0.396 e. The quantitative estimate of drug-likeness (QED) is 0.856. The maximum atomic E-state index is 12.5. The van der Waals surface area contributed by atoms with E-state index >= 15 is 0 Å². The molecule has 116 valence electrons. The van der Waals surface area contributed by atoms with E-state index in [0.717, 1.165) is 58.3 Å². The van der Waals surface area contributed by atoms with Crippen LogP contribution in [0.3, 0.4) is 0 Å². The predicted molar refractivity (Wildman–Crippen MR) is 80.5 cm³/mol. The number of hydrogen-bond acceptors (Lipinski definition) is 3. The Morgan fingerprint density at radius 1 is 1.15 bits per heavy atom. The van der Waals surface area contributed by atoms with Crippen molar-refractivity contribution in [1.82, 2.24) is 9.80 Å². The highest BCUT2D eigenvalue weighted by Crippen LogP contribution is 2.34. The van der Waals surface area contributed by atoms with Gasteiger partial charge in [0.2, 0.25) is 5.91 Å². The third kappa shape index (κ3) is 3.34. The van der Waals surface area contributed by atoms with Crippen LogP contribution in [0, 0.1) is 5.41 Å². The number of aliphatic hydroxyl groups is 1. The molecule has 0 saturated carbocycles. The first-order valence-corrected chi connectivity index (χ1v) is 8.25. The van der Waals surface area contributed by atoms with Gasteiger partial charge in [-0.1, -0.05) is 6.92 Å². The number of carbonyl (C=O) groups is 1. The van der Waals surface area contributed by atoms with E-state index in [0.29, 0.717) is 5.91 Å². The van der Waals surface area contributed by atoms with Gasteiger partial charge in [0.15, 0.2) is 0 Å². The van der Waals surface area contributed by atoms with Gasteiger partial charge >= 0.3 is 0 Å². The number of likely N-dealkylation sites (tertiary alicyclic amines) is 2. The molecule has 0 aromatic rings. The van der Waals surface area contributed by atoms with Gasteiger partial charge in [-0.15, -0.1) is 0 Å². The number of hydrogen-bond donors (Lipinski definition) is 1. The van der Waals surface area contributed by atoms with Crippen LogP contribution in [0.5, 0.6) is 0 Å². The summed E-state index contributed by atoms with van der Waals surface area (Å²) in [5.74, 6) is 0.303. The molecule has 1 atom stereocenters. The van der Waals surface area contributed by atoms with Crippen LogP contribution in [0.25, 0.3) is 0 Å². The van der Waals surface area contributed by atoms with Crippen LogP contribution in [0.1, 0.15) is 52.4 Å². The van der Waals surface area contributed by atoms with Crippen molar-refractivity contribution in [2.45, 2.75) is 58.4 Å². The molecule has 1 amide bonds. The van der Waals surface area contributed by atoms with Crippen molar-refractivity contribution in [1.29, 1.82) is 0 Å². The Kier molecular flexibility index (Phi) is 5.44. The Labute approximate surface area is 123 Å². The standard InChI is InChI=1S/C16H30N2O2/c1-3-16(13-19)7-11-17(12-8-16)14(2)15(20)18-9-5-4-6-10-18/h14,19H,3-13H2,1-2H3. The van der Waals surface area contributed by atoms with Crippen LogP contribution in [0.4, 0.5) is 0 Å². The lowest BCUT2D eigenvalue weighted by molar-refractivity contribution is -0.138. The molecule has 2 heterocycles. The number of carbonyl (C=O) groups excluding carboxylic acids is 1. The molecule has 0 bridgehead atoms. The molecule has 1 unspecified atom stereocenters. The highest BCUT2D eigenvalue weighted by atomic mass is 16.3. The molecule has 2 saturated heterocycles. The maximum absolute atomic E-state index is 12.5. The second-order valence-electron chi connectivity index (χ2n) is 6.61. The zero-order valence-corrected chi connectivity index (χ0v) is 13.1. The summed E-state index contributed by atoms with van der Waals surface area (Å²) in [7, 11) is 0. The molecule has 0 spiro atoms. The second-order valence-corrected chi connectivity index (χ2v) is 6.61. The molecule has 4 nitrogen and oxygen atoms in total. The molecule has 0 radical (unpaired) electrons. The molecular weight excluding hydrogens is 252 g/mol. The fraction of sp³-hybridized carbons (Fsp3) is 0.938. The average Bonchev–Trinajstić information content (AvgIpc) is 2.54.